The smallest absolute Gasteiger partial charge is 0.335 e. The lowest BCUT2D eigenvalue weighted by molar-refractivity contribution is -0.118. The van der Waals surface area contributed by atoms with Crippen LogP contribution in [0.25, 0.3) is 22.0 Å². The molecule has 11 nitrogen and oxygen atoms in total. The summed E-state index contributed by atoms with van der Waals surface area (Å²) in [5.41, 5.74) is 10.1. The van der Waals surface area contributed by atoms with Gasteiger partial charge in [0.15, 0.2) is 11.6 Å². The van der Waals surface area contributed by atoms with Crippen LogP contribution < -0.4 is 26.0 Å². The van der Waals surface area contributed by atoms with Gasteiger partial charge in [-0.05, 0) is 73.6 Å². The summed E-state index contributed by atoms with van der Waals surface area (Å²) in [6.45, 7) is 1.98. The quantitative estimate of drug-likeness (QED) is 0.145. The number of aromatic carboxylic acids is 1. The fourth-order valence-corrected chi connectivity index (χ4v) is 6.86. The van der Waals surface area contributed by atoms with Crippen molar-refractivity contribution in [2.45, 2.75) is 63.4 Å². The number of hydrogen-bond donors (Lipinski definition) is 6. The zero-order chi connectivity index (χ0) is 31.0. The molecule has 7 N–H and O–H groups in total. The minimum atomic E-state index is -1.02. The Hall–Kier alpha value is -4.77. The Kier molecular flexibility index (Phi) is 7.81. The number of nitrogens with one attached hydrogen (secondary N) is 3. The number of nitrogens with two attached hydrogens (primary N) is 1. The molecule has 1 aliphatic carbocycles. The first-order chi connectivity index (χ1) is 21.2. The van der Waals surface area contributed by atoms with E-state index < -0.39 is 17.7 Å². The number of fused-ring (bicyclic) bond motifs is 2. The number of rotatable bonds is 10. The first kappa shape index (κ1) is 29.3. The topological polar surface area (TPSA) is 166 Å². The number of para-hydroxylation sites is 1. The molecule has 1 aromatic heterocycles. The molecule has 3 aromatic carbocycles. The summed E-state index contributed by atoms with van der Waals surface area (Å²) in [6.07, 6.45) is 3.08. The number of aliphatic hydroxyl groups is 1. The standard InChI is InChI=1S/C33H38N6O5/c1-19(15-30(34)41)18-33(35-27-17-21(32(42)43)8-14-28(27)39(33)22-9-11-23(40)12-10-22)36-31-25-16-20(7-13-26(25)37-38-31)24-5-3-4-6-29(24)44-2/h3-8,13-14,16-17,19,22-23,35,40H,9-12,15,18H2,1-2H3,(H2,34,41)(H,42,43)(H2,36,37,38). The average molecular weight is 599 g/mol. The van der Waals surface area contributed by atoms with Crippen molar-refractivity contribution < 1.29 is 24.5 Å². The maximum absolute atomic E-state index is 12.0. The number of benzene rings is 3. The maximum atomic E-state index is 12.0. The number of primary amides is 1. The predicted octanol–water partition coefficient (Wildman–Crippen LogP) is 5.14. The molecule has 4 aromatic rings. The molecule has 0 spiro atoms. The summed E-state index contributed by atoms with van der Waals surface area (Å²) >= 11 is 0. The Bertz CT molecular complexity index is 1700. The number of amides is 1. The summed E-state index contributed by atoms with van der Waals surface area (Å²) in [4.78, 5) is 26.2. The van der Waals surface area contributed by atoms with Crippen LogP contribution >= 0.6 is 0 Å². The second-order valence-corrected chi connectivity index (χ2v) is 12.0. The SMILES string of the molecule is COc1ccccc1-c1ccc2[nH]nc(NC3(CC(C)CC(N)=O)Nc4cc(C(=O)O)ccc4N3C3CCC(O)CC3)c2c1. The van der Waals surface area contributed by atoms with Gasteiger partial charge in [-0.25, -0.2) is 4.79 Å². The van der Waals surface area contributed by atoms with Crippen LogP contribution in [0, 0.1) is 5.92 Å². The molecule has 1 aliphatic heterocycles. The van der Waals surface area contributed by atoms with E-state index in [2.05, 4.69) is 31.8 Å². The van der Waals surface area contributed by atoms with Crippen LogP contribution in [0.15, 0.2) is 60.7 Å². The van der Waals surface area contributed by atoms with Gasteiger partial charge in [-0.15, -0.1) is 0 Å². The van der Waals surface area contributed by atoms with Crippen molar-refractivity contribution in [3.63, 3.8) is 0 Å². The molecule has 2 heterocycles. The lowest BCUT2D eigenvalue weighted by Gasteiger charge is -2.47. The summed E-state index contributed by atoms with van der Waals surface area (Å²) in [5.74, 6) is -1.17. The molecule has 2 unspecified atom stereocenters. The number of aromatic amines is 1. The maximum Gasteiger partial charge on any atom is 0.335 e. The molecule has 1 fully saturated rings. The van der Waals surface area contributed by atoms with Crippen LogP contribution in [0.3, 0.4) is 0 Å². The molecule has 0 saturated heterocycles. The van der Waals surface area contributed by atoms with E-state index in [-0.39, 0.29) is 30.0 Å². The van der Waals surface area contributed by atoms with Gasteiger partial charge in [0.2, 0.25) is 5.91 Å². The number of aromatic nitrogens is 2. The van der Waals surface area contributed by atoms with Crippen LogP contribution in [0.5, 0.6) is 5.75 Å². The third-order valence-electron chi connectivity index (χ3n) is 8.79. The highest BCUT2D eigenvalue weighted by Gasteiger charge is 2.49. The van der Waals surface area contributed by atoms with Gasteiger partial charge in [0.1, 0.15) is 5.75 Å². The molecule has 1 saturated carbocycles. The summed E-state index contributed by atoms with van der Waals surface area (Å²) < 4.78 is 5.62. The molecule has 2 atom stereocenters. The molecule has 1 amide bonds. The van der Waals surface area contributed by atoms with Gasteiger partial charge in [-0.2, -0.15) is 5.10 Å². The number of hydrogen-bond acceptors (Lipinski definition) is 8. The summed E-state index contributed by atoms with van der Waals surface area (Å²) in [6, 6.07) is 19.0. The third kappa shape index (κ3) is 5.50. The number of methoxy groups -OCH3 is 1. The van der Waals surface area contributed by atoms with E-state index in [4.69, 9.17) is 10.5 Å². The molecule has 44 heavy (non-hydrogen) atoms. The van der Waals surface area contributed by atoms with E-state index in [1.165, 1.54) is 0 Å². The average Bonchev–Trinajstić information content (AvgIpc) is 3.54. The van der Waals surface area contributed by atoms with Crippen molar-refractivity contribution in [1.82, 2.24) is 10.2 Å². The second-order valence-electron chi connectivity index (χ2n) is 12.0. The number of H-pyrrole nitrogens is 1. The van der Waals surface area contributed by atoms with Gasteiger partial charge in [0.25, 0.3) is 0 Å². The Morgan fingerprint density at radius 2 is 1.91 bits per heavy atom. The first-order valence-corrected chi connectivity index (χ1v) is 15.0. The van der Waals surface area contributed by atoms with Crippen molar-refractivity contribution in [3.8, 4) is 16.9 Å². The highest BCUT2D eigenvalue weighted by atomic mass is 16.5. The number of carboxylic acids is 1. The van der Waals surface area contributed by atoms with E-state index >= 15 is 0 Å². The van der Waals surface area contributed by atoms with Gasteiger partial charge in [0.05, 0.1) is 35.7 Å². The van der Waals surface area contributed by atoms with Crippen LogP contribution in [-0.2, 0) is 4.79 Å². The van der Waals surface area contributed by atoms with Crippen LogP contribution in [0.4, 0.5) is 17.2 Å². The molecule has 0 bridgehead atoms. The van der Waals surface area contributed by atoms with E-state index in [9.17, 15) is 19.8 Å². The normalized spacial score (nSPS) is 21.8. The highest BCUT2D eigenvalue weighted by molar-refractivity contribution is 5.96. The van der Waals surface area contributed by atoms with E-state index in [0.717, 1.165) is 46.3 Å². The van der Waals surface area contributed by atoms with Gasteiger partial charge < -0.3 is 36.2 Å². The Balaban J connectivity index is 1.47. The number of anilines is 3. The fraction of sp³-hybridized carbons (Fsp3) is 0.364. The number of nitrogens with zero attached hydrogens (tertiary/aromatic N) is 2. The molecule has 230 valence electrons. The van der Waals surface area contributed by atoms with Crippen LogP contribution in [0.2, 0.25) is 0 Å². The zero-order valence-corrected chi connectivity index (χ0v) is 24.8. The minimum Gasteiger partial charge on any atom is -0.496 e. The van der Waals surface area contributed by atoms with Crippen molar-refractivity contribution in [1.29, 1.82) is 0 Å². The number of carboxylic acid groups (broad SMARTS) is 1. The van der Waals surface area contributed by atoms with Gasteiger partial charge >= 0.3 is 5.97 Å². The summed E-state index contributed by atoms with van der Waals surface area (Å²) in [7, 11) is 1.65. The van der Waals surface area contributed by atoms with Crippen molar-refractivity contribution in [3.05, 3.63) is 66.2 Å². The Morgan fingerprint density at radius 1 is 1.14 bits per heavy atom. The number of ether oxygens (including phenoxy) is 1. The van der Waals surface area contributed by atoms with Gasteiger partial charge in [0, 0.05) is 29.8 Å². The monoisotopic (exact) mass is 598 g/mol. The van der Waals surface area contributed by atoms with Gasteiger partial charge in [-0.1, -0.05) is 31.2 Å². The van der Waals surface area contributed by atoms with E-state index in [0.29, 0.717) is 30.8 Å². The van der Waals surface area contributed by atoms with Gasteiger partial charge in [-0.3, -0.25) is 9.89 Å². The Labute approximate surface area is 255 Å². The third-order valence-corrected chi connectivity index (χ3v) is 8.79. The summed E-state index contributed by atoms with van der Waals surface area (Å²) in [5, 5.41) is 36.1. The molecule has 11 heteroatoms. The number of carbonyl (C=O) groups excluding carboxylic acids is 1. The predicted molar refractivity (Wildman–Crippen MR) is 170 cm³/mol. The van der Waals surface area contributed by atoms with Crippen LogP contribution in [-0.4, -0.2) is 57.3 Å². The molecule has 0 radical (unpaired) electrons. The number of aliphatic hydroxyl groups excluding tert-OH is 1. The largest absolute Gasteiger partial charge is 0.496 e. The molecular weight excluding hydrogens is 560 g/mol. The zero-order valence-electron chi connectivity index (χ0n) is 24.8. The fourth-order valence-electron chi connectivity index (χ4n) is 6.86. The van der Waals surface area contributed by atoms with E-state index in [1.807, 2.05) is 49.4 Å². The molecule has 6 rings (SSSR count). The molecular formula is C33H38N6O5. The second kappa shape index (κ2) is 11.7. The van der Waals surface area contributed by atoms with E-state index in [1.54, 1.807) is 19.2 Å². The first-order valence-electron chi connectivity index (χ1n) is 15.0. The highest BCUT2D eigenvalue weighted by Crippen LogP contribution is 2.48. The van der Waals surface area contributed by atoms with Crippen molar-refractivity contribution in [2.24, 2.45) is 11.7 Å². The lowest BCUT2D eigenvalue weighted by Crippen LogP contribution is -2.62. The molecule has 2 aliphatic rings. The van der Waals surface area contributed by atoms with Crippen molar-refractivity contribution >= 4 is 40.0 Å². The van der Waals surface area contributed by atoms with Crippen molar-refractivity contribution in [2.75, 3.05) is 22.6 Å². The Morgan fingerprint density at radius 3 is 2.64 bits per heavy atom. The minimum absolute atomic E-state index is 0.0328. The lowest BCUT2D eigenvalue weighted by atomic mass is 9.89. The number of carbonyl (C=O) groups is 2. The van der Waals surface area contributed by atoms with Crippen LogP contribution in [0.1, 0.15) is 55.8 Å².